The van der Waals surface area contributed by atoms with Gasteiger partial charge >= 0.3 is 0 Å². The maximum atomic E-state index is 13.1. The van der Waals surface area contributed by atoms with Crippen molar-refractivity contribution in [3.8, 4) is 0 Å². The quantitative estimate of drug-likeness (QED) is 0.249. The zero-order valence-electron chi connectivity index (χ0n) is 23.9. The lowest BCUT2D eigenvalue weighted by molar-refractivity contribution is 0.0973. The van der Waals surface area contributed by atoms with Crippen LogP contribution in [0.5, 0.6) is 0 Å². The number of carbonyl (C=O) groups excluding carboxylic acids is 2. The first-order valence-electron chi connectivity index (χ1n) is 14.1. The molecule has 0 fully saturated rings. The fraction of sp³-hybridized carbons (Fsp3) is 0.636. The molecule has 2 heteroatoms. The summed E-state index contributed by atoms with van der Waals surface area (Å²) in [6, 6.07) is 3.77. The Bertz CT molecular complexity index is 944. The molecule has 0 radical (unpaired) electrons. The average molecular weight is 479 g/mol. The summed E-state index contributed by atoms with van der Waals surface area (Å²) in [6.07, 6.45) is 14.4. The largest absolute Gasteiger partial charge is 0.289 e. The van der Waals surface area contributed by atoms with E-state index in [1.54, 1.807) is 0 Å². The summed E-state index contributed by atoms with van der Waals surface area (Å²) in [6.45, 7) is 17.4. The van der Waals surface area contributed by atoms with Crippen molar-refractivity contribution in [2.24, 2.45) is 17.8 Å². The Morgan fingerprint density at radius 1 is 0.743 bits per heavy atom. The lowest BCUT2D eigenvalue weighted by Gasteiger charge is -2.20. The lowest BCUT2D eigenvalue weighted by atomic mass is 9.81. The molecule has 0 amide bonds. The molecule has 2 unspecified atom stereocenters. The molecule has 0 aromatic heterocycles. The van der Waals surface area contributed by atoms with Crippen molar-refractivity contribution < 1.29 is 9.59 Å². The van der Waals surface area contributed by atoms with Gasteiger partial charge in [-0.1, -0.05) is 84.3 Å². The number of carbonyl (C=O) groups is 2. The van der Waals surface area contributed by atoms with Crippen LogP contribution in [0.4, 0.5) is 0 Å². The van der Waals surface area contributed by atoms with Gasteiger partial charge in [0, 0.05) is 22.3 Å². The number of fused-ring (bicyclic) bond motifs is 1. The maximum Gasteiger partial charge on any atom is 0.190 e. The summed E-state index contributed by atoms with van der Waals surface area (Å²) in [5.41, 5.74) is 5.87. The van der Waals surface area contributed by atoms with Crippen molar-refractivity contribution in [1.82, 2.24) is 0 Å². The molecular formula is C33H50O2. The molecular weight excluding hydrogens is 428 g/mol. The topological polar surface area (TPSA) is 34.1 Å². The predicted molar refractivity (Wildman–Crippen MR) is 150 cm³/mol. The first-order chi connectivity index (χ1) is 16.5. The van der Waals surface area contributed by atoms with Gasteiger partial charge in [-0.05, 0) is 88.0 Å². The number of Topliss-reactive ketones (excluding diaryl/α,β-unsaturated/α-hetero) is 2. The van der Waals surface area contributed by atoms with Crippen molar-refractivity contribution in [1.29, 1.82) is 0 Å². The molecule has 0 spiro atoms. The Hall–Kier alpha value is -1.96. The van der Waals surface area contributed by atoms with Crippen LogP contribution in [-0.2, 0) is 0 Å². The highest BCUT2D eigenvalue weighted by atomic mass is 16.1. The van der Waals surface area contributed by atoms with Crippen LogP contribution in [-0.4, -0.2) is 11.6 Å². The molecule has 0 saturated carbocycles. The van der Waals surface area contributed by atoms with E-state index >= 15 is 0 Å². The van der Waals surface area contributed by atoms with Crippen LogP contribution < -0.4 is 0 Å². The number of benzene rings is 1. The van der Waals surface area contributed by atoms with E-state index in [1.165, 1.54) is 56.9 Å². The normalized spacial score (nSPS) is 16.2. The molecule has 0 aliphatic heterocycles. The van der Waals surface area contributed by atoms with Crippen LogP contribution in [0.3, 0.4) is 0 Å². The van der Waals surface area contributed by atoms with E-state index in [4.69, 9.17) is 0 Å². The summed E-state index contributed by atoms with van der Waals surface area (Å²) in [7, 11) is 0. The third-order valence-corrected chi connectivity index (χ3v) is 7.99. The zero-order valence-corrected chi connectivity index (χ0v) is 23.9. The standard InChI is InChI=1S/C33H50O2/c1-22(2)12-9-13-23(3)14-10-15-24(4)16-11-17-25(5)18-19-29-28(8)32(34)30-20-26(6)27(7)21-31(30)33(29)35/h18,20-24H,9-17,19H2,1-8H3. The fourth-order valence-electron chi connectivity index (χ4n) is 5.20. The maximum absolute atomic E-state index is 13.1. The van der Waals surface area contributed by atoms with E-state index in [0.717, 1.165) is 35.3 Å². The van der Waals surface area contributed by atoms with Gasteiger partial charge in [-0.3, -0.25) is 9.59 Å². The number of ketones is 2. The van der Waals surface area contributed by atoms with Crippen LogP contribution >= 0.6 is 0 Å². The SMILES string of the molecule is CC(=CCC1=C(C)C(=O)c2cc(C)c(C)cc2C1=O)CCCC(C)CCCC(C)CCCC(C)C. The Morgan fingerprint density at radius 3 is 1.77 bits per heavy atom. The van der Waals surface area contributed by atoms with Crippen LogP contribution in [0, 0.1) is 31.6 Å². The van der Waals surface area contributed by atoms with Crippen molar-refractivity contribution in [2.75, 3.05) is 0 Å². The molecule has 1 aliphatic carbocycles. The van der Waals surface area contributed by atoms with Gasteiger partial charge in [-0.25, -0.2) is 0 Å². The third-order valence-electron chi connectivity index (χ3n) is 7.99. The van der Waals surface area contributed by atoms with Crippen molar-refractivity contribution >= 4 is 11.6 Å². The van der Waals surface area contributed by atoms with Crippen molar-refractivity contribution in [3.63, 3.8) is 0 Å². The Morgan fingerprint density at radius 2 is 1.23 bits per heavy atom. The van der Waals surface area contributed by atoms with E-state index in [1.807, 2.05) is 32.9 Å². The molecule has 0 saturated heterocycles. The molecule has 194 valence electrons. The smallest absolute Gasteiger partial charge is 0.190 e. The van der Waals surface area contributed by atoms with Crippen LogP contribution in [0.1, 0.15) is 138 Å². The number of allylic oxidation sites excluding steroid dienone is 4. The molecule has 0 bridgehead atoms. The minimum Gasteiger partial charge on any atom is -0.289 e. The molecule has 2 nitrogen and oxygen atoms in total. The Kier molecular flexibility index (Phi) is 11.7. The molecule has 1 aromatic rings. The highest BCUT2D eigenvalue weighted by Crippen LogP contribution is 2.31. The highest BCUT2D eigenvalue weighted by Gasteiger charge is 2.29. The third kappa shape index (κ3) is 8.89. The van der Waals surface area contributed by atoms with Crippen LogP contribution in [0.25, 0.3) is 0 Å². The van der Waals surface area contributed by atoms with Crippen LogP contribution in [0.15, 0.2) is 34.9 Å². The number of hydrogen-bond acceptors (Lipinski definition) is 2. The first-order valence-corrected chi connectivity index (χ1v) is 14.1. The highest BCUT2D eigenvalue weighted by molar-refractivity contribution is 6.26. The van der Waals surface area contributed by atoms with Crippen LogP contribution in [0.2, 0.25) is 0 Å². The number of hydrogen-bond donors (Lipinski definition) is 0. The van der Waals surface area contributed by atoms with Gasteiger partial charge in [0.15, 0.2) is 11.6 Å². The Labute approximate surface area is 215 Å². The van der Waals surface area contributed by atoms with Gasteiger partial charge in [-0.2, -0.15) is 0 Å². The summed E-state index contributed by atoms with van der Waals surface area (Å²) < 4.78 is 0. The van der Waals surface area contributed by atoms with Gasteiger partial charge < -0.3 is 0 Å². The van der Waals surface area contributed by atoms with Gasteiger partial charge in [0.05, 0.1) is 0 Å². The fourth-order valence-corrected chi connectivity index (χ4v) is 5.20. The van der Waals surface area contributed by atoms with Crippen molar-refractivity contribution in [2.45, 2.75) is 120 Å². The molecule has 2 atom stereocenters. The van der Waals surface area contributed by atoms with Crippen molar-refractivity contribution in [3.05, 3.63) is 57.2 Å². The second kappa shape index (κ2) is 14.0. The molecule has 1 aliphatic rings. The molecule has 35 heavy (non-hydrogen) atoms. The monoisotopic (exact) mass is 478 g/mol. The first kappa shape index (κ1) is 29.3. The molecule has 0 heterocycles. The summed E-state index contributed by atoms with van der Waals surface area (Å²) in [5, 5.41) is 0. The minimum atomic E-state index is 0.00631. The second-order valence-electron chi connectivity index (χ2n) is 11.9. The molecule has 1 aromatic carbocycles. The lowest BCUT2D eigenvalue weighted by Crippen LogP contribution is -2.21. The van der Waals surface area contributed by atoms with E-state index in [2.05, 4.69) is 40.7 Å². The molecule has 0 N–H and O–H groups in total. The van der Waals surface area contributed by atoms with E-state index in [-0.39, 0.29) is 11.6 Å². The van der Waals surface area contributed by atoms with Gasteiger partial charge in [-0.15, -0.1) is 0 Å². The average Bonchev–Trinajstić information content (AvgIpc) is 2.78. The predicted octanol–water partition coefficient (Wildman–Crippen LogP) is 9.77. The van der Waals surface area contributed by atoms with E-state index < -0.39 is 0 Å². The zero-order chi connectivity index (χ0) is 26.1. The minimum absolute atomic E-state index is 0.00631. The van der Waals surface area contributed by atoms with E-state index in [9.17, 15) is 9.59 Å². The van der Waals surface area contributed by atoms with E-state index in [0.29, 0.717) is 28.7 Å². The summed E-state index contributed by atoms with van der Waals surface area (Å²) in [4.78, 5) is 26.1. The molecule has 2 rings (SSSR count). The number of rotatable bonds is 14. The van der Waals surface area contributed by atoms with Gasteiger partial charge in [0.25, 0.3) is 0 Å². The summed E-state index contributed by atoms with van der Waals surface area (Å²) >= 11 is 0. The summed E-state index contributed by atoms with van der Waals surface area (Å²) in [5.74, 6) is 2.49. The second-order valence-corrected chi connectivity index (χ2v) is 11.9. The Balaban J connectivity index is 1.77. The van der Waals surface area contributed by atoms with Gasteiger partial charge in [0.1, 0.15) is 0 Å². The van der Waals surface area contributed by atoms with Gasteiger partial charge in [0.2, 0.25) is 0 Å². The number of aryl methyl sites for hydroxylation is 2.